The molecule has 1 amide bonds. The van der Waals surface area contributed by atoms with E-state index in [-0.39, 0.29) is 18.5 Å². The van der Waals surface area contributed by atoms with E-state index in [0.29, 0.717) is 0 Å². The van der Waals surface area contributed by atoms with Crippen LogP contribution in [0.4, 0.5) is 9.18 Å². The number of hydrogen-bond acceptors (Lipinski definition) is 3. The van der Waals surface area contributed by atoms with Crippen LogP contribution >= 0.6 is 0 Å². The van der Waals surface area contributed by atoms with E-state index in [2.05, 4.69) is 0 Å². The fourth-order valence-electron chi connectivity index (χ4n) is 2.56. The lowest BCUT2D eigenvalue weighted by Crippen LogP contribution is -2.55. The maximum absolute atomic E-state index is 13.6. The van der Waals surface area contributed by atoms with Gasteiger partial charge in [0.1, 0.15) is 11.4 Å². The maximum Gasteiger partial charge on any atom is 0.411 e. The number of aliphatic carboxylic acids is 1. The Bertz CT molecular complexity index is 582. The number of nitrogens with zero attached hydrogens (tertiary/aromatic N) is 1. The molecule has 1 aromatic carbocycles. The molecular formula is C17H24FNO4. The van der Waals surface area contributed by atoms with Crippen LogP contribution in [0.25, 0.3) is 0 Å². The van der Waals surface area contributed by atoms with E-state index in [0.717, 1.165) is 11.0 Å². The Morgan fingerprint density at radius 3 is 2.26 bits per heavy atom. The first-order chi connectivity index (χ1) is 10.6. The van der Waals surface area contributed by atoms with Crippen molar-refractivity contribution in [2.45, 2.75) is 52.2 Å². The van der Waals surface area contributed by atoms with Gasteiger partial charge in [0.15, 0.2) is 5.54 Å². The molecule has 1 atom stereocenters. The van der Waals surface area contributed by atoms with Gasteiger partial charge < -0.3 is 9.84 Å². The summed E-state index contributed by atoms with van der Waals surface area (Å²) in [5, 5.41) is 9.84. The zero-order valence-corrected chi connectivity index (χ0v) is 14.2. The lowest BCUT2D eigenvalue weighted by atomic mass is 9.85. The lowest BCUT2D eigenvalue weighted by Gasteiger charge is -2.40. The number of benzene rings is 1. The molecule has 0 spiro atoms. The smallest absolute Gasteiger partial charge is 0.411 e. The molecule has 0 bridgehead atoms. The molecule has 1 rings (SSSR count). The fourth-order valence-corrected chi connectivity index (χ4v) is 2.56. The standard InChI is InChI=1S/C17H24FNO4/c1-6-17(14(20)21,12-9-8-10-13(18)11-12)19(7-2)15(22)23-16(3,4)5/h8-11H,6-7H2,1-5H3,(H,20,21). The number of halogens is 1. The number of hydrogen-bond donors (Lipinski definition) is 1. The number of ether oxygens (including phenoxy) is 1. The molecule has 0 radical (unpaired) electrons. The van der Waals surface area contributed by atoms with Gasteiger partial charge in [0, 0.05) is 6.54 Å². The van der Waals surface area contributed by atoms with Crippen molar-refractivity contribution >= 4 is 12.1 Å². The van der Waals surface area contributed by atoms with Gasteiger partial charge in [0.2, 0.25) is 0 Å². The van der Waals surface area contributed by atoms with Gasteiger partial charge in [-0.05, 0) is 51.8 Å². The summed E-state index contributed by atoms with van der Waals surface area (Å²) in [5.74, 6) is -1.78. The van der Waals surface area contributed by atoms with E-state index >= 15 is 0 Å². The second-order valence-electron chi connectivity index (χ2n) is 6.25. The minimum atomic E-state index is -1.68. The fraction of sp³-hybridized carbons (Fsp3) is 0.529. The minimum absolute atomic E-state index is 0.0822. The van der Waals surface area contributed by atoms with Gasteiger partial charge in [-0.2, -0.15) is 0 Å². The number of amides is 1. The van der Waals surface area contributed by atoms with E-state index < -0.39 is 29.0 Å². The van der Waals surface area contributed by atoms with Gasteiger partial charge in [-0.25, -0.2) is 14.0 Å². The molecule has 23 heavy (non-hydrogen) atoms. The summed E-state index contributed by atoms with van der Waals surface area (Å²) in [6.45, 7) is 8.54. The van der Waals surface area contributed by atoms with Crippen LogP contribution in [0.2, 0.25) is 0 Å². The average molecular weight is 325 g/mol. The number of rotatable bonds is 5. The van der Waals surface area contributed by atoms with Gasteiger partial charge in [-0.15, -0.1) is 0 Å². The largest absolute Gasteiger partial charge is 0.479 e. The highest BCUT2D eigenvalue weighted by Crippen LogP contribution is 2.34. The molecule has 0 aromatic heterocycles. The molecule has 0 saturated heterocycles. The highest BCUT2D eigenvalue weighted by Gasteiger charge is 2.47. The van der Waals surface area contributed by atoms with Gasteiger partial charge in [0.25, 0.3) is 0 Å². The molecule has 1 unspecified atom stereocenters. The van der Waals surface area contributed by atoms with Gasteiger partial charge in [-0.3, -0.25) is 4.90 Å². The summed E-state index contributed by atoms with van der Waals surface area (Å²) in [6, 6.07) is 5.31. The molecule has 0 fully saturated rings. The van der Waals surface area contributed by atoms with Crippen LogP contribution in [0.5, 0.6) is 0 Å². The number of carbonyl (C=O) groups excluding carboxylic acids is 1. The zero-order chi connectivity index (χ0) is 17.8. The molecule has 0 aliphatic rings. The summed E-state index contributed by atoms with van der Waals surface area (Å²) >= 11 is 0. The first kappa shape index (κ1) is 18.9. The quantitative estimate of drug-likeness (QED) is 0.895. The van der Waals surface area contributed by atoms with Crippen LogP contribution < -0.4 is 0 Å². The second-order valence-corrected chi connectivity index (χ2v) is 6.25. The van der Waals surface area contributed by atoms with E-state index in [4.69, 9.17) is 4.74 Å². The molecule has 1 N–H and O–H groups in total. The third kappa shape index (κ3) is 4.00. The van der Waals surface area contributed by atoms with Crippen molar-refractivity contribution in [3.63, 3.8) is 0 Å². The SMILES string of the molecule is CCN(C(=O)OC(C)(C)C)C(CC)(C(=O)O)c1cccc(F)c1. The van der Waals surface area contributed by atoms with Crippen molar-refractivity contribution in [1.29, 1.82) is 0 Å². The monoisotopic (exact) mass is 325 g/mol. The Morgan fingerprint density at radius 1 is 1.26 bits per heavy atom. The first-order valence-electron chi connectivity index (χ1n) is 7.58. The maximum atomic E-state index is 13.6. The first-order valence-corrected chi connectivity index (χ1v) is 7.58. The van der Waals surface area contributed by atoms with E-state index in [1.54, 1.807) is 34.6 Å². The molecule has 0 saturated carbocycles. The Hall–Kier alpha value is -2.11. The molecular weight excluding hydrogens is 301 g/mol. The predicted octanol–water partition coefficient (Wildman–Crippen LogP) is 3.77. The van der Waals surface area contributed by atoms with E-state index in [1.807, 2.05) is 0 Å². The Morgan fingerprint density at radius 2 is 1.87 bits per heavy atom. The van der Waals surface area contributed by atoms with Crippen LogP contribution in [0, 0.1) is 5.82 Å². The topological polar surface area (TPSA) is 66.8 Å². The summed E-state index contributed by atoms with van der Waals surface area (Å²) in [6.07, 6.45) is -0.660. The molecule has 0 aliphatic heterocycles. The molecule has 0 heterocycles. The van der Waals surface area contributed by atoms with Crippen molar-refractivity contribution in [1.82, 2.24) is 4.90 Å². The number of carboxylic acid groups (broad SMARTS) is 1. The highest BCUT2D eigenvalue weighted by atomic mass is 19.1. The van der Waals surface area contributed by atoms with Crippen LogP contribution in [0.15, 0.2) is 24.3 Å². The Balaban J connectivity index is 3.44. The third-order valence-corrected chi connectivity index (χ3v) is 3.56. The lowest BCUT2D eigenvalue weighted by molar-refractivity contribution is -0.152. The molecule has 1 aromatic rings. The third-order valence-electron chi connectivity index (χ3n) is 3.56. The van der Waals surface area contributed by atoms with Crippen molar-refractivity contribution in [3.05, 3.63) is 35.6 Å². The number of carboxylic acids is 1. The number of likely N-dealkylation sites (N-methyl/N-ethyl adjacent to an activating group) is 1. The van der Waals surface area contributed by atoms with Gasteiger partial charge in [0.05, 0.1) is 0 Å². The molecule has 5 nitrogen and oxygen atoms in total. The van der Waals surface area contributed by atoms with Crippen molar-refractivity contribution in [3.8, 4) is 0 Å². The van der Waals surface area contributed by atoms with E-state index in [9.17, 15) is 19.1 Å². The van der Waals surface area contributed by atoms with Gasteiger partial charge >= 0.3 is 12.1 Å². The molecule has 0 aliphatic carbocycles. The summed E-state index contributed by atoms with van der Waals surface area (Å²) < 4.78 is 18.9. The minimum Gasteiger partial charge on any atom is -0.479 e. The van der Waals surface area contributed by atoms with Crippen molar-refractivity contribution < 1.29 is 23.8 Å². The Kier molecular flexibility index (Phi) is 5.75. The summed E-state index contributed by atoms with van der Waals surface area (Å²) in [5.41, 5.74) is -2.23. The average Bonchev–Trinajstić information content (AvgIpc) is 2.42. The van der Waals surface area contributed by atoms with Crippen molar-refractivity contribution in [2.24, 2.45) is 0 Å². The van der Waals surface area contributed by atoms with Crippen LogP contribution in [0.3, 0.4) is 0 Å². The van der Waals surface area contributed by atoms with Crippen LogP contribution in [-0.2, 0) is 15.1 Å². The highest BCUT2D eigenvalue weighted by molar-refractivity contribution is 5.86. The summed E-state index contributed by atoms with van der Waals surface area (Å²) in [4.78, 5) is 25.7. The molecule has 128 valence electrons. The zero-order valence-electron chi connectivity index (χ0n) is 14.2. The molecule has 6 heteroatoms. The van der Waals surface area contributed by atoms with Gasteiger partial charge in [-0.1, -0.05) is 19.1 Å². The number of carbonyl (C=O) groups is 2. The Labute approximate surface area is 136 Å². The van der Waals surface area contributed by atoms with E-state index in [1.165, 1.54) is 18.2 Å². The summed E-state index contributed by atoms with van der Waals surface area (Å²) in [7, 11) is 0. The van der Waals surface area contributed by atoms with Crippen LogP contribution in [-0.4, -0.2) is 34.2 Å². The second kappa shape index (κ2) is 6.98. The van der Waals surface area contributed by atoms with Crippen molar-refractivity contribution in [2.75, 3.05) is 6.54 Å². The normalized spacial score (nSPS) is 14.0. The van der Waals surface area contributed by atoms with Crippen LogP contribution in [0.1, 0.15) is 46.6 Å². The predicted molar refractivity (Wildman–Crippen MR) is 84.6 cm³/mol.